The highest BCUT2D eigenvalue weighted by molar-refractivity contribution is 6.07. The topological polar surface area (TPSA) is 43.8 Å². The SMILES string of the molecule is Cc1cc2cc(CN3CCN(C4=C(F)N(C)CC=C4)CC3)c(F)c3c2n1[C@H](C)C(=O)N3. The molecule has 0 aliphatic carbocycles. The third-order valence-electron chi connectivity index (χ3n) is 6.65. The van der Waals surface area contributed by atoms with Crippen molar-refractivity contribution in [1.82, 2.24) is 19.3 Å². The summed E-state index contributed by atoms with van der Waals surface area (Å²) < 4.78 is 31.8. The number of anilines is 1. The van der Waals surface area contributed by atoms with Crippen LogP contribution in [0.4, 0.5) is 14.5 Å². The second-order valence-electron chi connectivity index (χ2n) is 8.71. The monoisotopic (exact) mass is 427 g/mol. The molecule has 0 spiro atoms. The molecule has 1 aromatic carbocycles. The van der Waals surface area contributed by atoms with E-state index in [2.05, 4.69) is 10.2 Å². The Kier molecular flexibility index (Phi) is 4.77. The number of benzene rings is 1. The molecule has 1 saturated heterocycles. The number of piperazine rings is 1. The van der Waals surface area contributed by atoms with E-state index in [0.717, 1.165) is 16.6 Å². The molecule has 8 heteroatoms. The minimum atomic E-state index is -0.361. The number of nitrogens with zero attached hydrogens (tertiary/aromatic N) is 4. The Bertz CT molecular complexity index is 1130. The first-order valence-corrected chi connectivity index (χ1v) is 10.7. The molecule has 3 aliphatic rings. The lowest BCUT2D eigenvalue weighted by Crippen LogP contribution is -2.46. The molecule has 5 rings (SSSR count). The summed E-state index contributed by atoms with van der Waals surface area (Å²) in [6.45, 7) is 7.59. The number of hydrogen-bond acceptors (Lipinski definition) is 4. The molecule has 3 aliphatic heterocycles. The maximum Gasteiger partial charge on any atom is 0.247 e. The van der Waals surface area contributed by atoms with Gasteiger partial charge in [-0.1, -0.05) is 6.08 Å². The minimum absolute atomic E-state index is 0.196. The number of amides is 1. The number of allylic oxidation sites excluding steroid dienone is 1. The molecule has 164 valence electrons. The van der Waals surface area contributed by atoms with Gasteiger partial charge in [0.2, 0.25) is 11.9 Å². The first kappa shape index (κ1) is 20.1. The van der Waals surface area contributed by atoms with Crippen LogP contribution in [0.25, 0.3) is 10.9 Å². The maximum atomic E-state index is 15.4. The van der Waals surface area contributed by atoms with Gasteiger partial charge in [-0.3, -0.25) is 9.69 Å². The standard InChI is InChI=1S/C23H27F2N5O/c1-14-11-16-12-17(19(24)20-21(16)30(14)15(2)23(31)26-20)13-28-7-9-29(10-8-28)18-5-4-6-27(3)22(18)25/h4-5,11-12,15H,6-10,13H2,1-3H3,(H,26,31)/t15-/m1/s1. The molecule has 0 radical (unpaired) electrons. The van der Waals surface area contributed by atoms with Gasteiger partial charge in [0.05, 0.1) is 11.2 Å². The summed E-state index contributed by atoms with van der Waals surface area (Å²) in [6.07, 6.45) is 3.81. The highest BCUT2D eigenvalue weighted by atomic mass is 19.1. The molecule has 1 atom stereocenters. The van der Waals surface area contributed by atoms with E-state index >= 15 is 4.39 Å². The van der Waals surface area contributed by atoms with Crippen molar-refractivity contribution in [3.63, 3.8) is 0 Å². The molecule has 1 fully saturated rings. The molecule has 0 bridgehead atoms. The van der Waals surface area contributed by atoms with Crippen LogP contribution < -0.4 is 5.32 Å². The number of likely N-dealkylation sites (N-methyl/N-ethyl adjacent to an activating group) is 1. The van der Waals surface area contributed by atoms with Crippen molar-refractivity contribution < 1.29 is 13.6 Å². The number of carbonyl (C=O) groups is 1. The quantitative estimate of drug-likeness (QED) is 0.763. The molecule has 31 heavy (non-hydrogen) atoms. The lowest BCUT2D eigenvalue weighted by Gasteiger charge is -2.38. The van der Waals surface area contributed by atoms with Gasteiger partial charge >= 0.3 is 0 Å². The largest absolute Gasteiger partial charge is 0.365 e. The molecule has 1 N–H and O–H groups in total. The number of nitrogens with one attached hydrogen (secondary N) is 1. The first-order chi connectivity index (χ1) is 14.8. The fourth-order valence-electron chi connectivity index (χ4n) is 4.93. The average Bonchev–Trinajstić information content (AvgIpc) is 3.08. The van der Waals surface area contributed by atoms with Crippen molar-refractivity contribution in [1.29, 1.82) is 0 Å². The minimum Gasteiger partial charge on any atom is -0.365 e. The summed E-state index contributed by atoms with van der Waals surface area (Å²) in [5, 5.41) is 3.71. The summed E-state index contributed by atoms with van der Waals surface area (Å²) in [5.41, 5.74) is 3.19. The predicted octanol–water partition coefficient (Wildman–Crippen LogP) is 3.36. The number of halogens is 2. The molecule has 4 heterocycles. The molecular weight excluding hydrogens is 400 g/mol. The van der Waals surface area contributed by atoms with Crippen LogP contribution in [0, 0.1) is 12.7 Å². The normalized spacial score (nSPS) is 22.0. The molecule has 0 saturated carbocycles. The van der Waals surface area contributed by atoms with E-state index in [4.69, 9.17) is 0 Å². The second-order valence-corrected chi connectivity index (χ2v) is 8.71. The van der Waals surface area contributed by atoms with Crippen LogP contribution in [0.2, 0.25) is 0 Å². The van der Waals surface area contributed by atoms with Gasteiger partial charge in [-0.05, 0) is 32.1 Å². The van der Waals surface area contributed by atoms with Gasteiger partial charge in [0.1, 0.15) is 11.7 Å². The summed E-state index contributed by atoms with van der Waals surface area (Å²) in [4.78, 5) is 18.2. The van der Waals surface area contributed by atoms with Crippen LogP contribution in [0.1, 0.15) is 24.2 Å². The van der Waals surface area contributed by atoms with Crippen molar-refractivity contribution >= 4 is 22.5 Å². The van der Waals surface area contributed by atoms with E-state index in [9.17, 15) is 9.18 Å². The second kappa shape index (κ2) is 7.37. The van der Waals surface area contributed by atoms with E-state index in [1.165, 1.54) is 0 Å². The van der Waals surface area contributed by atoms with Crippen molar-refractivity contribution in [2.24, 2.45) is 0 Å². The van der Waals surface area contributed by atoms with Gasteiger partial charge in [-0.2, -0.15) is 4.39 Å². The highest BCUT2D eigenvalue weighted by Gasteiger charge is 2.30. The van der Waals surface area contributed by atoms with E-state index in [1.807, 2.05) is 47.6 Å². The molecule has 1 aromatic heterocycles. The molecule has 2 aromatic rings. The number of hydrogen-bond donors (Lipinski definition) is 1. The highest BCUT2D eigenvalue weighted by Crippen LogP contribution is 2.38. The number of carbonyl (C=O) groups excluding carboxylic acids is 1. The van der Waals surface area contributed by atoms with E-state index in [-0.39, 0.29) is 29.4 Å². The Hall–Kier alpha value is -2.87. The number of rotatable bonds is 3. The first-order valence-electron chi connectivity index (χ1n) is 10.7. The fraction of sp³-hybridized carbons (Fsp3) is 0.435. The molecule has 0 unspecified atom stereocenters. The van der Waals surface area contributed by atoms with E-state index in [0.29, 0.717) is 50.5 Å². The third-order valence-corrected chi connectivity index (χ3v) is 6.65. The molecule has 1 amide bonds. The van der Waals surface area contributed by atoms with E-state index < -0.39 is 0 Å². The van der Waals surface area contributed by atoms with Gasteiger partial charge in [-0.15, -0.1) is 0 Å². The Labute approximate surface area is 180 Å². The van der Waals surface area contributed by atoms with Gasteiger partial charge in [0.15, 0.2) is 5.82 Å². The zero-order valence-electron chi connectivity index (χ0n) is 18.1. The predicted molar refractivity (Wildman–Crippen MR) is 117 cm³/mol. The fourth-order valence-corrected chi connectivity index (χ4v) is 4.93. The third kappa shape index (κ3) is 3.20. The summed E-state index contributed by atoms with van der Waals surface area (Å²) >= 11 is 0. The Morgan fingerprint density at radius 1 is 1.16 bits per heavy atom. The Morgan fingerprint density at radius 2 is 1.90 bits per heavy atom. The smallest absolute Gasteiger partial charge is 0.247 e. The van der Waals surface area contributed by atoms with E-state index in [1.54, 1.807) is 11.9 Å². The van der Waals surface area contributed by atoms with Crippen LogP contribution in [0.3, 0.4) is 0 Å². The van der Waals surface area contributed by atoms with Crippen molar-refractivity contribution in [3.8, 4) is 0 Å². The van der Waals surface area contributed by atoms with Crippen LogP contribution in [-0.4, -0.2) is 64.9 Å². The maximum absolute atomic E-state index is 15.4. The van der Waals surface area contributed by atoms with Gasteiger partial charge < -0.3 is 19.7 Å². The van der Waals surface area contributed by atoms with Gasteiger partial charge in [0.25, 0.3) is 0 Å². The van der Waals surface area contributed by atoms with Crippen LogP contribution in [-0.2, 0) is 11.3 Å². The Morgan fingerprint density at radius 3 is 2.65 bits per heavy atom. The van der Waals surface area contributed by atoms with Crippen LogP contribution in [0.15, 0.2) is 35.9 Å². The van der Waals surface area contributed by atoms with Gasteiger partial charge in [-0.25, -0.2) is 4.39 Å². The summed E-state index contributed by atoms with van der Waals surface area (Å²) in [6, 6.07) is 3.55. The molecule has 6 nitrogen and oxygen atoms in total. The summed E-state index contributed by atoms with van der Waals surface area (Å²) in [5.74, 6) is -0.755. The number of aromatic nitrogens is 1. The molecular formula is C23H27F2N5O. The van der Waals surface area contributed by atoms with Gasteiger partial charge in [0, 0.05) is 63.0 Å². The Balaban J connectivity index is 1.37. The van der Waals surface area contributed by atoms with Crippen molar-refractivity contribution in [2.45, 2.75) is 26.4 Å². The zero-order valence-corrected chi connectivity index (χ0v) is 18.1. The lowest BCUT2D eigenvalue weighted by atomic mass is 10.1. The van der Waals surface area contributed by atoms with Crippen molar-refractivity contribution in [2.75, 3.05) is 45.1 Å². The number of aryl methyl sites for hydroxylation is 1. The average molecular weight is 427 g/mol. The zero-order chi connectivity index (χ0) is 21.9. The summed E-state index contributed by atoms with van der Waals surface area (Å²) in [7, 11) is 1.74. The lowest BCUT2D eigenvalue weighted by molar-refractivity contribution is -0.119. The van der Waals surface area contributed by atoms with Crippen molar-refractivity contribution in [3.05, 3.63) is 53.0 Å². The van der Waals surface area contributed by atoms with Crippen LogP contribution in [0.5, 0.6) is 0 Å². The van der Waals surface area contributed by atoms with Crippen LogP contribution >= 0.6 is 0 Å².